The molecule has 0 saturated heterocycles. The van der Waals surface area contributed by atoms with Crippen LogP contribution in [-0.2, 0) is 38.2 Å². The van der Waals surface area contributed by atoms with Gasteiger partial charge < -0.3 is 78.0 Å². The number of nitrogens with two attached hydrogens (primary N) is 1. The quantitative estimate of drug-likeness (QED) is 0.0329. The van der Waals surface area contributed by atoms with Crippen LogP contribution in [0.1, 0.15) is 109 Å². The number of amides is 7. The number of carboxylic acids is 1. The molecule has 85 heavy (non-hydrogen) atoms. The number of aliphatic carboxylic acids is 1. The number of benzene rings is 4. The van der Waals surface area contributed by atoms with Crippen LogP contribution in [0, 0.1) is 23.3 Å². The minimum Gasteiger partial charge on any atom is -0.480 e. The van der Waals surface area contributed by atoms with Crippen LogP contribution in [0.25, 0.3) is 0 Å². The van der Waals surface area contributed by atoms with Gasteiger partial charge in [-0.05, 0) is 109 Å². The molecule has 4 rings (SSSR count). The summed E-state index contributed by atoms with van der Waals surface area (Å²) < 4.78 is 63.0. The zero-order valence-electron chi connectivity index (χ0n) is 48.3. The highest BCUT2D eigenvalue weighted by molar-refractivity contribution is 5.93. The third-order valence-corrected chi connectivity index (χ3v) is 11.0. The van der Waals surface area contributed by atoms with Gasteiger partial charge in [-0.3, -0.25) is 28.8 Å². The highest BCUT2D eigenvalue weighted by Gasteiger charge is 2.29. The largest absolute Gasteiger partial charge is 0.480 e. The Labute approximate surface area is 492 Å². The summed E-state index contributed by atoms with van der Waals surface area (Å²) in [4.78, 5) is 97.3. The molecule has 0 aliphatic heterocycles. The second kappa shape index (κ2) is 37.2. The molecule has 2 unspecified atom stereocenters. The van der Waals surface area contributed by atoms with E-state index < -0.39 is 113 Å². The normalized spacial score (nSPS) is 13.0. The molecule has 4 aromatic carbocycles. The van der Waals surface area contributed by atoms with Crippen molar-refractivity contribution >= 4 is 47.7 Å². The van der Waals surface area contributed by atoms with Gasteiger partial charge in [0.15, 0.2) is 12.2 Å². The number of hydrogen-bond acceptors (Lipinski definition) is 15. The number of hydrogen-bond donors (Lipinski definition) is 12. The van der Waals surface area contributed by atoms with Gasteiger partial charge >= 0.3 is 18.2 Å². The van der Waals surface area contributed by atoms with Crippen molar-refractivity contribution in [1.29, 1.82) is 0 Å². The Morgan fingerprint density at radius 1 is 0.506 bits per heavy atom. The fraction of sp³-hybridized carbons (Fsp3) is 0.448. The smallest absolute Gasteiger partial charge is 0.407 e. The predicted molar refractivity (Wildman–Crippen MR) is 308 cm³/mol. The van der Waals surface area contributed by atoms with E-state index in [4.69, 9.17) is 20.3 Å². The summed E-state index contributed by atoms with van der Waals surface area (Å²) in [5.41, 5.74) is 5.46. The Bertz CT molecular complexity index is 2740. The van der Waals surface area contributed by atoms with Crippen molar-refractivity contribution in [2.75, 3.05) is 59.4 Å². The van der Waals surface area contributed by atoms with Crippen LogP contribution in [0.4, 0.5) is 27.2 Å². The molecule has 0 aliphatic rings. The van der Waals surface area contributed by atoms with Gasteiger partial charge in [-0.2, -0.15) is 0 Å². The number of nitrogens with one attached hydrogen (secondary N) is 8. The van der Waals surface area contributed by atoms with Crippen LogP contribution in [0.2, 0.25) is 0 Å². The number of aliphatic hydroxyl groups excluding tert-OH is 2. The summed E-state index contributed by atoms with van der Waals surface area (Å²) in [6.07, 6.45) is -4.72. The van der Waals surface area contributed by atoms with E-state index in [0.29, 0.717) is 63.5 Å². The minimum absolute atomic E-state index is 0. The van der Waals surface area contributed by atoms with E-state index >= 15 is 0 Å². The Balaban J connectivity index is 0.000000706. The monoisotopic (exact) mass is 1200 g/mol. The summed E-state index contributed by atoms with van der Waals surface area (Å²) in [7, 11) is 1.82. The van der Waals surface area contributed by atoms with Crippen molar-refractivity contribution in [3.05, 3.63) is 143 Å². The standard InChI is InChI=1S/C29H39F2N5O6.C17H28N4O3.C11H11F2NO4.CH4/c1-18(34-27(40)24(37)20-15-21(30)17-22(31)16-20)25(38)35-23(19-9-7-6-8-10-19)26(39)32-11-13-36(5)14-12-33-28(41)42-29(2,3)4;1-17(2,3)24-16(23)21-12-10-19-9-11-20-15(22)14(18)13-7-5-4-6-8-13;1-5(11(17)18)14-10(16)9(15)6-2-7(12)4-8(13)3-6;/h6-10,15-18,23-24,37H,11-14H2,1-5H3,(H,32,39)(H,33,41)(H,34,40)(H,35,38);4-8,14,19H,9-12,18H2,1-3H3,(H,20,22)(H,21,23);2-5,9,15H,1H3,(H,14,16)(H,17,18);1H4/t18-,23-,24?;14-;5-,9?;/m000./s1. The first kappa shape index (κ1) is 74.8. The van der Waals surface area contributed by atoms with Crippen molar-refractivity contribution in [2.24, 2.45) is 5.73 Å². The number of nitrogens with zero attached hydrogens (tertiary/aromatic N) is 1. The molecule has 0 saturated carbocycles. The summed E-state index contributed by atoms with van der Waals surface area (Å²) in [5, 5.41) is 49.1. The molecule has 27 heteroatoms. The number of aliphatic hydroxyl groups is 2. The maximum Gasteiger partial charge on any atom is 0.407 e. The number of carboxylic acid groups (broad SMARTS) is 1. The average molecular weight is 1200 g/mol. The summed E-state index contributed by atoms with van der Waals surface area (Å²) in [5.74, 6) is -8.64. The maximum absolute atomic E-state index is 13.5. The van der Waals surface area contributed by atoms with Gasteiger partial charge in [0, 0.05) is 64.5 Å². The highest BCUT2D eigenvalue weighted by atomic mass is 19.1. The van der Waals surface area contributed by atoms with Crippen LogP contribution in [0.15, 0.2) is 97.1 Å². The molecular formula is C58H82F4N10O13. The number of rotatable bonds is 25. The molecule has 23 nitrogen and oxygen atoms in total. The average Bonchev–Trinajstić information content (AvgIpc) is 3.48. The Hall–Kier alpha value is -8.24. The lowest BCUT2D eigenvalue weighted by atomic mass is 10.1. The van der Waals surface area contributed by atoms with E-state index in [1.165, 1.54) is 13.8 Å². The Morgan fingerprint density at radius 3 is 1.31 bits per heavy atom. The number of carbonyl (C=O) groups is 8. The van der Waals surface area contributed by atoms with Gasteiger partial charge in [0.2, 0.25) is 17.7 Å². The zero-order valence-corrected chi connectivity index (χ0v) is 48.3. The first-order valence-corrected chi connectivity index (χ1v) is 26.4. The number of carbonyl (C=O) groups excluding carboxylic acids is 7. The van der Waals surface area contributed by atoms with E-state index in [1.807, 2.05) is 68.4 Å². The van der Waals surface area contributed by atoms with Crippen LogP contribution >= 0.6 is 0 Å². The lowest BCUT2D eigenvalue weighted by molar-refractivity contribution is -0.143. The number of ether oxygens (including phenoxy) is 2. The first-order chi connectivity index (χ1) is 39.3. The summed E-state index contributed by atoms with van der Waals surface area (Å²) in [6, 6.07) is 17.9. The van der Waals surface area contributed by atoms with E-state index in [-0.39, 0.29) is 31.0 Å². The molecule has 470 valence electrons. The molecule has 0 fully saturated rings. The van der Waals surface area contributed by atoms with Gasteiger partial charge in [0.1, 0.15) is 58.6 Å². The van der Waals surface area contributed by atoms with Gasteiger partial charge in [0.25, 0.3) is 11.8 Å². The van der Waals surface area contributed by atoms with Crippen molar-refractivity contribution in [2.45, 2.75) is 110 Å². The third kappa shape index (κ3) is 30.8. The molecule has 0 heterocycles. The molecule has 0 spiro atoms. The summed E-state index contributed by atoms with van der Waals surface area (Å²) in [6.45, 7) is 16.9. The number of likely N-dealkylation sites (N-methyl/N-ethyl adjacent to an activating group) is 1. The first-order valence-electron chi connectivity index (χ1n) is 26.4. The SMILES string of the molecule is C.CC(C)(C)OC(=O)NCCNCCNC(=O)[C@@H](N)c1ccccc1.C[C@H](NC(=O)C(O)c1cc(F)cc(F)c1)C(=O)N[C@H](C(=O)NCCN(C)CCNC(=O)OC(C)(C)C)c1ccccc1.C[C@H](NC(=O)C(O)c1cc(F)cc(F)c1)C(=O)O. The second-order valence-corrected chi connectivity index (χ2v) is 20.7. The third-order valence-electron chi connectivity index (χ3n) is 11.0. The van der Waals surface area contributed by atoms with E-state index in [2.05, 4.69) is 37.2 Å². The van der Waals surface area contributed by atoms with Gasteiger partial charge in [-0.1, -0.05) is 68.1 Å². The number of halogens is 4. The van der Waals surface area contributed by atoms with Gasteiger partial charge in [-0.15, -0.1) is 0 Å². The van der Waals surface area contributed by atoms with Crippen LogP contribution < -0.4 is 48.3 Å². The second-order valence-electron chi connectivity index (χ2n) is 20.7. The zero-order chi connectivity index (χ0) is 63.3. The molecule has 0 aliphatic carbocycles. The van der Waals surface area contributed by atoms with Gasteiger partial charge in [0.05, 0.1) is 0 Å². The maximum atomic E-state index is 13.5. The van der Waals surface area contributed by atoms with Crippen LogP contribution in [0.3, 0.4) is 0 Å². The molecule has 0 bridgehead atoms. The Kier molecular flexibility index (Phi) is 32.7. The molecule has 13 N–H and O–H groups in total. The fourth-order valence-electron chi connectivity index (χ4n) is 6.83. The summed E-state index contributed by atoms with van der Waals surface area (Å²) >= 11 is 0. The van der Waals surface area contributed by atoms with Crippen molar-refractivity contribution < 1.29 is 80.7 Å². The lowest BCUT2D eigenvalue weighted by Crippen LogP contribution is -2.50. The molecule has 0 radical (unpaired) electrons. The highest BCUT2D eigenvalue weighted by Crippen LogP contribution is 2.19. The van der Waals surface area contributed by atoms with Crippen molar-refractivity contribution in [3.8, 4) is 0 Å². The van der Waals surface area contributed by atoms with E-state index in [1.54, 1.807) is 51.1 Å². The Morgan fingerprint density at radius 2 is 0.882 bits per heavy atom. The lowest BCUT2D eigenvalue weighted by Gasteiger charge is -2.23. The molecule has 7 amide bonds. The van der Waals surface area contributed by atoms with E-state index in [9.17, 15) is 66.1 Å². The van der Waals surface area contributed by atoms with Crippen LogP contribution in [0.5, 0.6) is 0 Å². The van der Waals surface area contributed by atoms with E-state index in [0.717, 1.165) is 29.8 Å². The topological polar surface area (TPSA) is 341 Å². The van der Waals surface area contributed by atoms with Crippen LogP contribution in [-0.4, -0.2) is 151 Å². The van der Waals surface area contributed by atoms with Crippen molar-refractivity contribution in [3.63, 3.8) is 0 Å². The van der Waals surface area contributed by atoms with Crippen molar-refractivity contribution in [1.82, 2.24) is 47.4 Å². The fourth-order valence-corrected chi connectivity index (χ4v) is 6.83. The van der Waals surface area contributed by atoms with Gasteiger partial charge in [-0.25, -0.2) is 27.2 Å². The molecule has 6 atom stereocenters. The molecule has 0 aromatic heterocycles. The molecular weight excluding hydrogens is 1120 g/mol. The predicted octanol–water partition coefficient (Wildman–Crippen LogP) is 4.07. The molecule has 4 aromatic rings. The number of alkyl carbamates (subject to hydrolysis) is 2. The minimum atomic E-state index is -1.92.